The fraction of sp³-hybridized carbons (Fsp3) is 0.556. The summed E-state index contributed by atoms with van der Waals surface area (Å²) in [5.41, 5.74) is 3.12. The summed E-state index contributed by atoms with van der Waals surface area (Å²) in [7, 11) is -2.09. The molecule has 0 aliphatic carbocycles. The molecule has 0 heterocycles. The number of hydrogen-bond donors (Lipinski definition) is 1. The van der Waals surface area contributed by atoms with Gasteiger partial charge in [0.1, 0.15) is 5.75 Å². The number of phenolic OH excluding ortho intramolecular Hbond substituents is 1. The average Bonchev–Trinajstić information content (AvgIpc) is 2.39. The molecular formula is C18H29O3P. The number of aromatic hydroxyl groups is 1. The maximum absolute atomic E-state index is 12.1. The van der Waals surface area contributed by atoms with Crippen molar-refractivity contribution in [2.75, 3.05) is 6.61 Å². The van der Waals surface area contributed by atoms with E-state index in [9.17, 15) is 9.67 Å². The van der Waals surface area contributed by atoms with Gasteiger partial charge in [0.05, 0.1) is 6.61 Å². The number of rotatable bonds is 7. The van der Waals surface area contributed by atoms with Crippen molar-refractivity contribution >= 4 is 13.6 Å². The maximum atomic E-state index is 12.1. The van der Waals surface area contributed by atoms with Crippen molar-refractivity contribution in [1.29, 1.82) is 0 Å². The Kier molecular flexibility index (Phi) is 6.90. The predicted octanol–water partition coefficient (Wildman–Crippen LogP) is 5.51. The Balaban J connectivity index is 3.08. The van der Waals surface area contributed by atoms with Crippen LogP contribution in [0, 0.1) is 0 Å². The first kappa shape index (κ1) is 19.0. The Labute approximate surface area is 135 Å². The first-order valence-corrected chi connectivity index (χ1v) is 9.37. The van der Waals surface area contributed by atoms with E-state index in [4.69, 9.17) is 4.52 Å². The Hall–Kier alpha value is -1.05. The molecule has 0 saturated heterocycles. The quantitative estimate of drug-likeness (QED) is 0.531. The summed E-state index contributed by atoms with van der Waals surface area (Å²) in [5, 5.41) is 10.5. The lowest BCUT2D eigenvalue weighted by Gasteiger charge is -2.23. The van der Waals surface area contributed by atoms with E-state index in [1.54, 1.807) is 0 Å². The Morgan fingerprint density at radius 3 is 2.50 bits per heavy atom. The van der Waals surface area contributed by atoms with E-state index in [-0.39, 0.29) is 11.2 Å². The van der Waals surface area contributed by atoms with Gasteiger partial charge < -0.3 is 9.63 Å². The molecule has 1 aromatic rings. The molecule has 0 radical (unpaired) electrons. The normalized spacial score (nSPS) is 13.1. The molecule has 3 nitrogen and oxygen atoms in total. The van der Waals surface area contributed by atoms with E-state index < -0.39 is 8.03 Å². The molecule has 1 atom stereocenters. The van der Waals surface area contributed by atoms with Crippen LogP contribution in [0.2, 0.25) is 0 Å². The third-order valence-corrected chi connectivity index (χ3v) is 4.77. The minimum atomic E-state index is -2.09. The summed E-state index contributed by atoms with van der Waals surface area (Å²) in [6, 6.07) is 3.81. The molecule has 22 heavy (non-hydrogen) atoms. The Bertz CT molecular complexity index is 556. The summed E-state index contributed by atoms with van der Waals surface area (Å²) in [5.74, 6) is 0.273. The fourth-order valence-electron chi connectivity index (χ4n) is 2.24. The molecule has 0 amide bonds. The van der Waals surface area contributed by atoms with Gasteiger partial charge in [-0.05, 0) is 36.0 Å². The summed E-state index contributed by atoms with van der Waals surface area (Å²) >= 11 is 0. The Morgan fingerprint density at radius 1 is 1.36 bits per heavy atom. The van der Waals surface area contributed by atoms with Crippen molar-refractivity contribution in [1.82, 2.24) is 0 Å². The van der Waals surface area contributed by atoms with Gasteiger partial charge in [-0.15, -0.1) is 0 Å². The van der Waals surface area contributed by atoms with Crippen LogP contribution in [0.15, 0.2) is 18.7 Å². The van der Waals surface area contributed by atoms with E-state index in [0.717, 1.165) is 35.1 Å². The third kappa shape index (κ3) is 5.30. The van der Waals surface area contributed by atoms with Gasteiger partial charge in [0.2, 0.25) is 0 Å². The summed E-state index contributed by atoms with van der Waals surface area (Å²) in [4.78, 5) is 0. The van der Waals surface area contributed by atoms with Crippen LogP contribution in [-0.4, -0.2) is 11.7 Å². The van der Waals surface area contributed by atoms with Gasteiger partial charge in [-0.25, -0.2) is 0 Å². The van der Waals surface area contributed by atoms with Crippen LogP contribution in [0.5, 0.6) is 5.75 Å². The third-order valence-electron chi connectivity index (χ3n) is 3.55. The molecule has 124 valence electrons. The maximum Gasteiger partial charge on any atom is 0.195 e. The lowest BCUT2D eigenvalue weighted by atomic mass is 9.83. The number of phenols is 1. The van der Waals surface area contributed by atoms with Gasteiger partial charge in [-0.3, -0.25) is 4.57 Å². The summed E-state index contributed by atoms with van der Waals surface area (Å²) < 4.78 is 17.5. The molecule has 0 aliphatic rings. The number of benzene rings is 1. The molecule has 0 aliphatic heterocycles. The van der Waals surface area contributed by atoms with E-state index in [0.29, 0.717) is 12.8 Å². The number of unbranched alkanes of at least 4 members (excludes halogenated alkanes) is 1. The molecule has 1 N–H and O–H groups in total. The van der Waals surface area contributed by atoms with Gasteiger partial charge in [0, 0.05) is 17.3 Å². The molecule has 0 saturated carbocycles. The van der Waals surface area contributed by atoms with Crippen molar-refractivity contribution in [2.24, 2.45) is 0 Å². The van der Waals surface area contributed by atoms with Crippen LogP contribution in [0.25, 0.3) is 5.57 Å². The van der Waals surface area contributed by atoms with Crippen LogP contribution >= 0.6 is 8.03 Å². The zero-order valence-electron chi connectivity index (χ0n) is 14.5. The highest BCUT2D eigenvalue weighted by atomic mass is 31.1. The molecule has 0 spiro atoms. The van der Waals surface area contributed by atoms with Crippen LogP contribution in [-0.2, 0) is 20.7 Å². The van der Waals surface area contributed by atoms with E-state index in [2.05, 4.69) is 34.3 Å². The van der Waals surface area contributed by atoms with Gasteiger partial charge in [0.25, 0.3) is 0 Å². The van der Waals surface area contributed by atoms with Gasteiger partial charge in [0.15, 0.2) is 8.03 Å². The summed E-state index contributed by atoms with van der Waals surface area (Å²) in [6.45, 7) is 14.6. The van der Waals surface area contributed by atoms with Crippen LogP contribution in [0.1, 0.15) is 64.2 Å². The van der Waals surface area contributed by atoms with Crippen molar-refractivity contribution in [3.63, 3.8) is 0 Å². The van der Waals surface area contributed by atoms with E-state index in [1.807, 2.05) is 19.1 Å². The fourth-order valence-corrected chi connectivity index (χ4v) is 3.25. The first-order valence-electron chi connectivity index (χ1n) is 7.84. The lowest BCUT2D eigenvalue weighted by Crippen LogP contribution is -2.12. The van der Waals surface area contributed by atoms with Gasteiger partial charge in [-0.1, -0.05) is 46.8 Å². The molecule has 1 unspecified atom stereocenters. The average molecular weight is 324 g/mol. The largest absolute Gasteiger partial charge is 0.507 e. The molecule has 0 bridgehead atoms. The second-order valence-electron chi connectivity index (χ2n) is 6.82. The molecule has 0 aromatic heterocycles. The SMILES string of the molecule is C=C(C)c1cc(C[PH](=O)OCCCC)cc(C(C)(C)C)c1O. The Morgan fingerprint density at radius 2 is 2.00 bits per heavy atom. The van der Waals surface area contributed by atoms with E-state index >= 15 is 0 Å². The van der Waals surface area contributed by atoms with Crippen LogP contribution < -0.4 is 0 Å². The second-order valence-corrected chi connectivity index (χ2v) is 8.21. The number of hydrogen-bond acceptors (Lipinski definition) is 3. The van der Waals surface area contributed by atoms with Crippen molar-refractivity contribution in [3.8, 4) is 5.75 Å². The smallest absolute Gasteiger partial charge is 0.195 e. The second kappa shape index (κ2) is 7.99. The van der Waals surface area contributed by atoms with Crippen LogP contribution in [0.3, 0.4) is 0 Å². The van der Waals surface area contributed by atoms with Crippen molar-refractivity contribution in [2.45, 2.75) is 59.0 Å². The topological polar surface area (TPSA) is 46.5 Å². The predicted molar refractivity (Wildman–Crippen MR) is 95.1 cm³/mol. The first-order chi connectivity index (χ1) is 10.2. The molecular weight excluding hydrogens is 295 g/mol. The highest BCUT2D eigenvalue weighted by Gasteiger charge is 2.22. The summed E-state index contributed by atoms with van der Waals surface area (Å²) in [6.07, 6.45) is 2.36. The molecule has 4 heteroatoms. The minimum Gasteiger partial charge on any atom is -0.507 e. The zero-order chi connectivity index (χ0) is 16.9. The number of allylic oxidation sites excluding steroid dienone is 1. The van der Waals surface area contributed by atoms with Crippen molar-refractivity contribution < 1.29 is 14.2 Å². The van der Waals surface area contributed by atoms with Gasteiger partial charge in [-0.2, -0.15) is 0 Å². The molecule has 0 fully saturated rings. The standard InChI is InChI=1S/C18H29O3P/c1-7-8-9-21-22(20)12-14-10-15(13(2)3)17(19)16(11-14)18(4,5)6/h10-11,19,22H,2,7-9,12H2,1,3-6H3. The molecule has 1 aromatic carbocycles. The molecule has 1 rings (SSSR count). The van der Waals surface area contributed by atoms with Crippen LogP contribution in [0.4, 0.5) is 0 Å². The lowest BCUT2D eigenvalue weighted by molar-refractivity contribution is 0.320. The zero-order valence-corrected chi connectivity index (χ0v) is 15.5. The van der Waals surface area contributed by atoms with E-state index in [1.165, 1.54) is 0 Å². The highest BCUT2D eigenvalue weighted by molar-refractivity contribution is 7.38. The van der Waals surface area contributed by atoms with Crippen molar-refractivity contribution in [3.05, 3.63) is 35.4 Å². The monoisotopic (exact) mass is 324 g/mol. The van der Waals surface area contributed by atoms with Gasteiger partial charge >= 0.3 is 0 Å². The minimum absolute atomic E-state index is 0.191. The highest BCUT2D eigenvalue weighted by Crippen LogP contribution is 2.39.